The zero-order chi connectivity index (χ0) is 17.6. The second kappa shape index (κ2) is 12.7. The number of hydrogen-bond acceptors (Lipinski definition) is 3. The van der Waals surface area contributed by atoms with Crippen LogP contribution in [-0.2, 0) is 14.3 Å². The highest BCUT2D eigenvalue weighted by Gasteiger charge is 2.26. The van der Waals surface area contributed by atoms with Crippen molar-refractivity contribution in [1.82, 2.24) is 0 Å². The zero-order valence-electron chi connectivity index (χ0n) is 15.3. The number of hydrogen-bond donors (Lipinski definition) is 0. The van der Waals surface area contributed by atoms with Gasteiger partial charge in [-0.15, -0.1) is 0 Å². The van der Waals surface area contributed by atoms with Crippen LogP contribution in [0, 0.1) is 5.92 Å². The first-order chi connectivity index (χ1) is 11.7. The Kier molecular flexibility index (Phi) is 10.8. The van der Waals surface area contributed by atoms with Gasteiger partial charge in [-0.05, 0) is 50.0 Å². The number of carbonyl (C=O) groups excluding carboxylic acids is 2. The number of allylic oxidation sites excluding steroid dienone is 6. The van der Waals surface area contributed by atoms with Crippen molar-refractivity contribution in [2.24, 2.45) is 5.92 Å². The smallest absolute Gasteiger partial charge is 0.305 e. The van der Waals surface area contributed by atoms with Gasteiger partial charge in [0.15, 0.2) is 5.78 Å². The molecule has 0 aromatic heterocycles. The average Bonchev–Trinajstić information content (AvgIpc) is 2.94. The lowest BCUT2D eigenvalue weighted by Gasteiger charge is -2.07. The van der Waals surface area contributed by atoms with E-state index < -0.39 is 0 Å². The van der Waals surface area contributed by atoms with E-state index in [1.54, 1.807) is 0 Å². The molecule has 1 aliphatic carbocycles. The molecule has 1 fully saturated rings. The van der Waals surface area contributed by atoms with Gasteiger partial charge in [0.25, 0.3) is 0 Å². The van der Waals surface area contributed by atoms with Crippen LogP contribution in [0.15, 0.2) is 36.0 Å². The summed E-state index contributed by atoms with van der Waals surface area (Å²) in [5.74, 6) is 0.507. The minimum absolute atomic E-state index is 0.152. The molecule has 1 atom stereocenters. The molecule has 1 aliphatic rings. The van der Waals surface area contributed by atoms with Gasteiger partial charge < -0.3 is 4.74 Å². The van der Waals surface area contributed by atoms with E-state index in [2.05, 4.69) is 36.0 Å². The summed E-state index contributed by atoms with van der Waals surface area (Å²) in [4.78, 5) is 23.0. The van der Waals surface area contributed by atoms with E-state index in [1.807, 2.05) is 6.08 Å². The predicted octanol–water partition coefficient (Wildman–Crippen LogP) is 5.32. The maximum absolute atomic E-state index is 12.0. The number of methoxy groups -OCH3 is 1. The zero-order valence-corrected chi connectivity index (χ0v) is 15.3. The van der Waals surface area contributed by atoms with Crippen molar-refractivity contribution in [3.05, 3.63) is 36.0 Å². The molecule has 0 aromatic carbocycles. The number of rotatable bonds is 11. The fourth-order valence-electron chi connectivity index (χ4n) is 2.93. The molecule has 0 aromatic rings. The van der Waals surface area contributed by atoms with E-state index in [0.717, 1.165) is 37.7 Å². The highest BCUT2D eigenvalue weighted by molar-refractivity contribution is 5.98. The van der Waals surface area contributed by atoms with Gasteiger partial charge in [0.2, 0.25) is 0 Å². The molecule has 0 N–H and O–H groups in total. The lowest BCUT2D eigenvalue weighted by atomic mass is 9.97. The highest BCUT2D eigenvalue weighted by atomic mass is 16.5. The molecule has 24 heavy (non-hydrogen) atoms. The number of ketones is 1. The molecule has 0 saturated heterocycles. The van der Waals surface area contributed by atoms with Crippen LogP contribution in [0.1, 0.15) is 71.1 Å². The molecule has 0 spiro atoms. The van der Waals surface area contributed by atoms with E-state index in [4.69, 9.17) is 0 Å². The van der Waals surface area contributed by atoms with Crippen LogP contribution >= 0.6 is 0 Å². The maximum Gasteiger partial charge on any atom is 0.305 e. The summed E-state index contributed by atoms with van der Waals surface area (Å²) in [6.45, 7) is 2.20. The van der Waals surface area contributed by atoms with E-state index >= 15 is 0 Å². The van der Waals surface area contributed by atoms with Crippen molar-refractivity contribution in [3.8, 4) is 0 Å². The van der Waals surface area contributed by atoms with Crippen LogP contribution in [0.4, 0.5) is 0 Å². The monoisotopic (exact) mass is 332 g/mol. The van der Waals surface area contributed by atoms with Gasteiger partial charge in [-0.2, -0.15) is 0 Å². The molecule has 1 rings (SSSR count). The molecule has 0 aliphatic heterocycles. The Morgan fingerprint density at radius 1 is 1.17 bits per heavy atom. The lowest BCUT2D eigenvalue weighted by Crippen LogP contribution is -2.00. The van der Waals surface area contributed by atoms with Crippen LogP contribution < -0.4 is 0 Å². The molecular formula is C21H32O3. The van der Waals surface area contributed by atoms with Gasteiger partial charge in [0, 0.05) is 12.8 Å². The summed E-state index contributed by atoms with van der Waals surface area (Å²) in [7, 11) is 1.42. The third-order valence-electron chi connectivity index (χ3n) is 4.43. The van der Waals surface area contributed by atoms with E-state index in [1.165, 1.54) is 26.4 Å². The molecule has 134 valence electrons. The molecule has 0 heterocycles. The summed E-state index contributed by atoms with van der Waals surface area (Å²) in [6.07, 6.45) is 20.1. The Morgan fingerprint density at radius 2 is 1.96 bits per heavy atom. The minimum atomic E-state index is -0.152. The molecule has 1 saturated carbocycles. The van der Waals surface area contributed by atoms with Crippen molar-refractivity contribution in [2.75, 3.05) is 7.11 Å². The fourth-order valence-corrected chi connectivity index (χ4v) is 2.93. The number of esters is 1. The second-order valence-electron chi connectivity index (χ2n) is 6.38. The summed E-state index contributed by atoms with van der Waals surface area (Å²) in [5, 5.41) is 0. The van der Waals surface area contributed by atoms with Crippen molar-refractivity contribution < 1.29 is 14.3 Å². The van der Waals surface area contributed by atoms with Crippen molar-refractivity contribution in [2.45, 2.75) is 71.1 Å². The van der Waals surface area contributed by atoms with E-state index in [9.17, 15) is 9.59 Å². The summed E-state index contributed by atoms with van der Waals surface area (Å²) < 4.78 is 4.62. The second-order valence-corrected chi connectivity index (χ2v) is 6.38. The summed E-state index contributed by atoms with van der Waals surface area (Å²) in [5.41, 5.74) is 0.987. The number of ether oxygens (including phenoxy) is 1. The molecule has 0 bridgehead atoms. The number of unbranched alkanes of at least 4 members (excludes halogenated alkanes) is 4. The van der Waals surface area contributed by atoms with Crippen LogP contribution in [0.2, 0.25) is 0 Å². The van der Waals surface area contributed by atoms with E-state index in [0.29, 0.717) is 24.5 Å². The maximum atomic E-state index is 12.0. The third-order valence-corrected chi connectivity index (χ3v) is 4.43. The predicted molar refractivity (Wildman–Crippen MR) is 98.7 cm³/mol. The van der Waals surface area contributed by atoms with Crippen molar-refractivity contribution in [1.29, 1.82) is 0 Å². The van der Waals surface area contributed by atoms with Crippen molar-refractivity contribution >= 4 is 11.8 Å². The van der Waals surface area contributed by atoms with Gasteiger partial charge in [0.05, 0.1) is 7.11 Å². The van der Waals surface area contributed by atoms with Crippen LogP contribution in [0.25, 0.3) is 0 Å². The van der Waals surface area contributed by atoms with Gasteiger partial charge in [-0.3, -0.25) is 9.59 Å². The first-order valence-corrected chi connectivity index (χ1v) is 9.30. The van der Waals surface area contributed by atoms with Gasteiger partial charge in [0.1, 0.15) is 0 Å². The van der Waals surface area contributed by atoms with Crippen LogP contribution in [-0.4, -0.2) is 18.9 Å². The standard InChI is InChI=1S/C21H32O3/c1-3-4-5-6-7-11-14-19-18(16-17-20(19)22)13-10-8-9-12-15-21(23)24-2/h7-8,10-11,14,18H,3-6,9,12-13,15-17H2,1-2H3/b10-8-,11-7+,19-14-/t18-/m0/s1. The fraction of sp³-hybridized carbons (Fsp3) is 0.619. The van der Waals surface area contributed by atoms with Gasteiger partial charge in [-0.1, -0.05) is 50.1 Å². The third kappa shape index (κ3) is 8.28. The normalized spacial score (nSPS) is 19.8. The topological polar surface area (TPSA) is 43.4 Å². The molecule has 3 heteroatoms. The lowest BCUT2D eigenvalue weighted by molar-refractivity contribution is -0.140. The first kappa shape index (κ1) is 20.4. The van der Waals surface area contributed by atoms with Crippen LogP contribution in [0.5, 0.6) is 0 Å². The Hall–Kier alpha value is -1.64. The van der Waals surface area contributed by atoms with Crippen LogP contribution in [0.3, 0.4) is 0 Å². The van der Waals surface area contributed by atoms with E-state index in [-0.39, 0.29) is 5.97 Å². The van der Waals surface area contributed by atoms with Crippen molar-refractivity contribution in [3.63, 3.8) is 0 Å². The highest BCUT2D eigenvalue weighted by Crippen LogP contribution is 2.31. The first-order valence-electron chi connectivity index (χ1n) is 9.30. The molecule has 0 unspecified atom stereocenters. The summed E-state index contributed by atoms with van der Waals surface area (Å²) >= 11 is 0. The van der Waals surface area contributed by atoms with Gasteiger partial charge in [-0.25, -0.2) is 0 Å². The molecular weight excluding hydrogens is 300 g/mol. The molecule has 3 nitrogen and oxygen atoms in total. The SMILES string of the molecule is CCCCC/C=C/C=C1\C(=O)CC[C@@H]1C/C=C\CCCC(=O)OC. The molecule has 0 radical (unpaired) electrons. The number of carbonyl (C=O) groups is 2. The average molecular weight is 332 g/mol. The number of Topliss-reactive ketones (excluding diaryl/α,β-unsaturated/α-hetero) is 1. The van der Waals surface area contributed by atoms with Gasteiger partial charge >= 0.3 is 5.97 Å². The Morgan fingerprint density at radius 3 is 2.71 bits per heavy atom. The summed E-state index contributed by atoms with van der Waals surface area (Å²) in [6, 6.07) is 0. The Balaban J connectivity index is 2.34. The largest absolute Gasteiger partial charge is 0.469 e. The minimum Gasteiger partial charge on any atom is -0.469 e. The molecule has 0 amide bonds. The Labute approximate surface area is 146 Å². The quantitative estimate of drug-likeness (QED) is 0.223. The Bertz CT molecular complexity index is 471.